The molecule has 0 heterocycles. The van der Waals surface area contributed by atoms with Crippen molar-refractivity contribution < 1.29 is 14.3 Å². The number of ether oxygens (including phenoxy) is 1. The highest BCUT2D eigenvalue weighted by Gasteiger charge is 2.45. The third kappa shape index (κ3) is 2.42. The van der Waals surface area contributed by atoms with Crippen molar-refractivity contribution in [1.29, 1.82) is 0 Å². The van der Waals surface area contributed by atoms with Crippen LogP contribution in [0, 0.1) is 11.3 Å². The van der Waals surface area contributed by atoms with Crippen LogP contribution in [0.25, 0.3) is 0 Å². The first-order valence-corrected chi connectivity index (χ1v) is 6.56. The number of hydrogen-bond acceptors (Lipinski definition) is 3. The van der Waals surface area contributed by atoms with Gasteiger partial charge in [-0.05, 0) is 17.5 Å². The lowest BCUT2D eigenvalue weighted by molar-refractivity contribution is -0.148. The van der Waals surface area contributed by atoms with Crippen LogP contribution in [-0.4, -0.2) is 18.9 Å². The van der Waals surface area contributed by atoms with E-state index in [4.69, 9.17) is 4.74 Å². The third-order valence-corrected chi connectivity index (χ3v) is 3.76. The van der Waals surface area contributed by atoms with Crippen LogP contribution in [0.15, 0.2) is 24.3 Å². The van der Waals surface area contributed by atoms with E-state index in [0.717, 1.165) is 11.1 Å². The summed E-state index contributed by atoms with van der Waals surface area (Å²) in [5.74, 6) is -0.940. The fraction of sp³-hybridized carbons (Fsp3) is 0.500. The predicted octanol–water partition coefficient (Wildman–Crippen LogP) is 2.73. The molecule has 0 radical (unpaired) electrons. The van der Waals surface area contributed by atoms with Crippen molar-refractivity contribution in [3.8, 4) is 0 Å². The van der Waals surface area contributed by atoms with E-state index >= 15 is 0 Å². The van der Waals surface area contributed by atoms with Gasteiger partial charge in [-0.1, -0.05) is 45.0 Å². The molecule has 0 saturated heterocycles. The van der Waals surface area contributed by atoms with Gasteiger partial charge in [-0.2, -0.15) is 0 Å². The molecule has 19 heavy (non-hydrogen) atoms. The Morgan fingerprint density at radius 1 is 1.21 bits per heavy atom. The Morgan fingerprint density at radius 2 is 1.84 bits per heavy atom. The number of fused-ring (bicyclic) bond motifs is 1. The smallest absolute Gasteiger partial charge is 0.310 e. The molecule has 0 amide bonds. The van der Waals surface area contributed by atoms with Gasteiger partial charge in [0.2, 0.25) is 0 Å². The summed E-state index contributed by atoms with van der Waals surface area (Å²) in [4.78, 5) is 24.6. The number of rotatable bonds is 2. The number of Topliss-reactive ketones (excluding diaryl/α,β-unsaturated/α-hetero) is 1. The van der Waals surface area contributed by atoms with Gasteiger partial charge in [0.05, 0.1) is 18.9 Å². The van der Waals surface area contributed by atoms with Crippen LogP contribution in [0.1, 0.15) is 37.8 Å². The van der Waals surface area contributed by atoms with Crippen molar-refractivity contribution in [1.82, 2.24) is 0 Å². The molecule has 1 aromatic rings. The Hall–Kier alpha value is -1.64. The van der Waals surface area contributed by atoms with Gasteiger partial charge in [-0.25, -0.2) is 0 Å². The van der Waals surface area contributed by atoms with Gasteiger partial charge in [0.25, 0.3) is 0 Å². The molecular weight excluding hydrogens is 240 g/mol. The molecule has 0 fully saturated rings. The summed E-state index contributed by atoms with van der Waals surface area (Å²) in [5, 5.41) is 0. The molecule has 1 aromatic carbocycles. The van der Waals surface area contributed by atoms with Gasteiger partial charge in [0.1, 0.15) is 5.78 Å². The fourth-order valence-corrected chi connectivity index (χ4v) is 2.76. The lowest BCUT2D eigenvalue weighted by Crippen LogP contribution is -2.33. The number of carbonyl (C=O) groups is 2. The lowest BCUT2D eigenvalue weighted by atomic mass is 9.77. The first-order chi connectivity index (χ1) is 8.86. The second-order valence-corrected chi connectivity index (χ2v) is 6.12. The maximum atomic E-state index is 12.7. The second-order valence-electron chi connectivity index (χ2n) is 6.12. The van der Waals surface area contributed by atoms with Gasteiger partial charge in [-0.3, -0.25) is 9.59 Å². The molecule has 102 valence electrons. The summed E-state index contributed by atoms with van der Waals surface area (Å²) in [6.45, 7) is 5.68. The summed E-state index contributed by atoms with van der Waals surface area (Å²) in [6, 6.07) is 7.80. The zero-order valence-corrected chi connectivity index (χ0v) is 11.9. The molecule has 3 nitrogen and oxygen atoms in total. The van der Waals surface area contributed by atoms with Gasteiger partial charge >= 0.3 is 5.97 Å². The lowest BCUT2D eigenvalue weighted by Gasteiger charge is -2.25. The maximum Gasteiger partial charge on any atom is 0.310 e. The van der Waals surface area contributed by atoms with Crippen LogP contribution in [0.4, 0.5) is 0 Å². The minimum absolute atomic E-state index is 0.104. The SMILES string of the molecule is COC(=O)[C@@H]1Cc2ccccc2[C@H]1C(=O)C(C)(C)C. The van der Waals surface area contributed by atoms with Gasteiger partial charge in [0, 0.05) is 5.41 Å². The first-order valence-electron chi connectivity index (χ1n) is 6.56. The van der Waals surface area contributed by atoms with Gasteiger partial charge < -0.3 is 4.74 Å². The Bertz CT molecular complexity index is 511. The number of esters is 1. The summed E-state index contributed by atoms with van der Waals surface area (Å²) >= 11 is 0. The molecule has 0 N–H and O–H groups in total. The number of hydrogen-bond donors (Lipinski definition) is 0. The summed E-state index contributed by atoms with van der Waals surface area (Å²) in [7, 11) is 1.38. The van der Waals surface area contributed by atoms with E-state index < -0.39 is 5.41 Å². The molecule has 0 aromatic heterocycles. The molecule has 1 aliphatic rings. The van der Waals surface area contributed by atoms with Crippen molar-refractivity contribution in [3.63, 3.8) is 0 Å². The molecular formula is C16H20O3. The Labute approximate surface area is 114 Å². The Morgan fingerprint density at radius 3 is 2.42 bits per heavy atom. The van der Waals surface area contributed by atoms with Gasteiger partial charge in [0.15, 0.2) is 0 Å². The molecule has 2 rings (SSSR count). The van der Waals surface area contributed by atoms with Crippen LogP contribution in [-0.2, 0) is 20.7 Å². The summed E-state index contributed by atoms with van der Waals surface area (Å²) in [6.07, 6.45) is 0.593. The van der Waals surface area contributed by atoms with Crippen molar-refractivity contribution >= 4 is 11.8 Å². The monoisotopic (exact) mass is 260 g/mol. The van der Waals surface area contributed by atoms with Crippen molar-refractivity contribution in [3.05, 3.63) is 35.4 Å². The zero-order chi connectivity index (χ0) is 14.2. The van der Waals surface area contributed by atoms with Crippen molar-refractivity contribution in [2.45, 2.75) is 33.1 Å². The molecule has 2 atom stereocenters. The Balaban J connectivity index is 2.45. The predicted molar refractivity (Wildman–Crippen MR) is 72.9 cm³/mol. The fourth-order valence-electron chi connectivity index (χ4n) is 2.76. The van der Waals surface area contributed by atoms with E-state index in [1.165, 1.54) is 7.11 Å². The van der Waals surface area contributed by atoms with Crippen molar-refractivity contribution in [2.75, 3.05) is 7.11 Å². The number of carbonyl (C=O) groups excluding carboxylic acids is 2. The number of benzene rings is 1. The number of ketones is 1. The minimum atomic E-state index is -0.464. The highest BCUT2D eigenvalue weighted by atomic mass is 16.5. The third-order valence-electron chi connectivity index (χ3n) is 3.76. The van der Waals surface area contributed by atoms with E-state index in [0.29, 0.717) is 6.42 Å². The summed E-state index contributed by atoms with van der Waals surface area (Å²) in [5.41, 5.74) is 1.60. The van der Waals surface area contributed by atoms with Crippen LogP contribution in [0.5, 0.6) is 0 Å². The molecule has 0 bridgehead atoms. The van der Waals surface area contributed by atoms with Crippen LogP contribution >= 0.6 is 0 Å². The topological polar surface area (TPSA) is 43.4 Å². The van der Waals surface area contributed by atoms with E-state index in [-0.39, 0.29) is 23.6 Å². The van der Waals surface area contributed by atoms with Crippen LogP contribution in [0.2, 0.25) is 0 Å². The minimum Gasteiger partial charge on any atom is -0.469 e. The van der Waals surface area contributed by atoms with Crippen LogP contribution < -0.4 is 0 Å². The molecule has 0 unspecified atom stereocenters. The summed E-state index contributed by atoms with van der Waals surface area (Å²) < 4.78 is 4.87. The maximum absolute atomic E-state index is 12.7. The largest absolute Gasteiger partial charge is 0.469 e. The highest BCUT2D eigenvalue weighted by molar-refractivity contribution is 5.95. The normalized spacial score (nSPS) is 21.9. The average Bonchev–Trinajstić information content (AvgIpc) is 2.74. The number of methoxy groups -OCH3 is 1. The first kappa shape index (κ1) is 13.8. The molecule has 1 aliphatic carbocycles. The Kier molecular flexibility index (Phi) is 3.48. The molecule has 3 heteroatoms. The van der Waals surface area contributed by atoms with Crippen molar-refractivity contribution in [2.24, 2.45) is 11.3 Å². The zero-order valence-electron chi connectivity index (χ0n) is 11.9. The van der Waals surface area contributed by atoms with Crippen LogP contribution in [0.3, 0.4) is 0 Å². The molecule has 0 saturated carbocycles. The molecule has 0 aliphatic heterocycles. The van der Waals surface area contributed by atoms with E-state index in [9.17, 15) is 9.59 Å². The van der Waals surface area contributed by atoms with E-state index in [1.807, 2.05) is 45.0 Å². The standard InChI is InChI=1S/C16H20O3/c1-16(2,3)14(17)13-11-8-6-5-7-10(11)9-12(13)15(18)19-4/h5-8,12-13H,9H2,1-4H3/t12-,13-/m1/s1. The molecule has 0 spiro atoms. The average molecular weight is 260 g/mol. The van der Waals surface area contributed by atoms with E-state index in [1.54, 1.807) is 0 Å². The van der Waals surface area contributed by atoms with E-state index in [2.05, 4.69) is 0 Å². The van der Waals surface area contributed by atoms with Gasteiger partial charge in [-0.15, -0.1) is 0 Å². The second kappa shape index (κ2) is 4.80. The quantitative estimate of drug-likeness (QED) is 0.768. The highest BCUT2D eigenvalue weighted by Crippen LogP contribution is 2.42.